The predicted molar refractivity (Wildman–Crippen MR) is 160 cm³/mol. The molecule has 0 radical (unpaired) electrons. The van der Waals surface area contributed by atoms with E-state index in [1.807, 2.05) is 30.3 Å². The van der Waals surface area contributed by atoms with Gasteiger partial charge in [-0.25, -0.2) is 18.4 Å². The third-order valence-corrected chi connectivity index (χ3v) is 7.65. The normalized spacial score (nSPS) is 20.5. The van der Waals surface area contributed by atoms with E-state index in [0.717, 1.165) is 17.7 Å². The largest absolute Gasteiger partial charge is 0.493 e. The lowest BCUT2D eigenvalue weighted by atomic mass is 9.99. The molecule has 4 rings (SSSR count). The van der Waals surface area contributed by atoms with Crippen LogP contribution in [0, 0.1) is 29.9 Å². The van der Waals surface area contributed by atoms with Gasteiger partial charge >= 0.3 is 12.2 Å². The van der Waals surface area contributed by atoms with E-state index < -0.39 is 65.5 Å². The summed E-state index contributed by atoms with van der Waals surface area (Å²) >= 11 is 0. The maximum Gasteiger partial charge on any atom is 0.410 e. The summed E-state index contributed by atoms with van der Waals surface area (Å²) in [4.78, 5) is 43.4. The van der Waals surface area contributed by atoms with Gasteiger partial charge in [0, 0.05) is 25.1 Å². The summed E-state index contributed by atoms with van der Waals surface area (Å²) in [5, 5.41) is 2.64. The van der Waals surface area contributed by atoms with Gasteiger partial charge in [-0.1, -0.05) is 36.3 Å². The van der Waals surface area contributed by atoms with Gasteiger partial charge in [0.2, 0.25) is 5.91 Å². The van der Waals surface area contributed by atoms with Gasteiger partial charge in [-0.3, -0.25) is 4.79 Å². The van der Waals surface area contributed by atoms with Gasteiger partial charge < -0.3 is 34.1 Å². The average molecular weight is 628 g/mol. The Hall–Kier alpha value is -4.37. The topological polar surface area (TPSA) is 107 Å². The molecule has 2 heterocycles. The van der Waals surface area contributed by atoms with E-state index >= 15 is 0 Å². The first kappa shape index (κ1) is 33.5. The zero-order valence-corrected chi connectivity index (χ0v) is 25.8. The molecule has 2 aliphatic heterocycles. The molecule has 5 atom stereocenters. The van der Waals surface area contributed by atoms with Gasteiger partial charge in [0.15, 0.2) is 11.6 Å². The number of fused-ring (bicyclic) bond motifs is 1. The molecular formula is C33H39F2N3O7. The number of nitrogens with one attached hydrogen (secondary N) is 1. The minimum absolute atomic E-state index is 0.00814. The lowest BCUT2D eigenvalue weighted by Gasteiger charge is -2.34. The first-order valence-electron chi connectivity index (χ1n) is 14.8. The van der Waals surface area contributed by atoms with Crippen LogP contribution in [0.3, 0.4) is 0 Å². The van der Waals surface area contributed by atoms with Crippen LogP contribution in [0.15, 0.2) is 48.5 Å². The maximum absolute atomic E-state index is 14.1. The Morgan fingerprint density at radius 3 is 2.49 bits per heavy atom. The molecule has 5 unspecified atom stereocenters. The zero-order valence-electron chi connectivity index (χ0n) is 25.8. The molecule has 2 aliphatic rings. The number of amides is 3. The van der Waals surface area contributed by atoms with Crippen molar-refractivity contribution in [3.63, 3.8) is 0 Å². The van der Waals surface area contributed by atoms with Crippen LogP contribution in [0.2, 0.25) is 0 Å². The Kier molecular flexibility index (Phi) is 10.9. The van der Waals surface area contributed by atoms with Crippen LogP contribution in [0.25, 0.3) is 0 Å². The van der Waals surface area contributed by atoms with Crippen molar-refractivity contribution < 1.29 is 42.1 Å². The van der Waals surface area contributed by atoms with Crippen molar-refractivity contribution >= 4 is 18.1 Å². The van der Waals surface area contributed by atoms with Crippen LogP contribution < -0.4 is 10.1 Å². The second kappa shape index (κ2) is 14.6. The lowest BCUT2D eigenvalue weighted by Crippen LogP contribution is -2.57. The molecule has 2 saturated heterocycles. The molecule has 0 spiro atoms. The standard InChI is InChI=1S/C33H39F2N3O7/c1-6-16-42-21(2)28(36-31(40)45-33(3,4)5)30(39)37-15-14-27-29(37)23(20-43-24-12-13-25(34)26(35)17-24)18-38(27)32(41)44-19-22-10-8-7-9-11-22/h1,7-13,17,21,23,27-29H,14-16,18-20H2,2-5H3,(H,36,40). The highest BCUT2D eigenvalue weighted by Crippen LogP contribution is 2.37. The molecule has 45 heavy (non-hydrogen) atoms. The quantitative estimate of drug-likeness (QED) is 0.387. The number of carbonyl (C=O) groups excluding carboxylic acids is 3. The van der Waals surface area contributed by atoms with E-state index in [4.69, 9.17) is 25.4 Å². The fourth-order valence-electron chi connectivity index (χ4n) is 5.66. The Labute approximate surface area is 261 Å². The van der Waals surface area contributed by atoms with Crippen molar-refractivity contribution in [1.29, 1.82) is 0 Å². The van der Waals surface area contributed by atoms with Crippen LogP contribution in [0.1, 0.15) is 39.7 Å². The lowest BCUT2D eigenvalue weighted by molar-refractivity contribution is -0.138. The van der Waals surface area contributed by atoms with Crippen molar-refractivity contribution in [2.45, 2.75) is 70.6 Å². The number of carbonyl (C=O) groups is 3. The molecule has 0 aliphatic carbocycles. The molecule has 1 N–H and O–H groups in total. The summed E-state index contributed by atoms with van der Waals surface area (Å²) in [6.45, 7) is 7.16. The van der Waals surface area contributed by atoms with Crippen LogP contribution >= 0.6 is 0 Å². The number of benzene rings is 2. The van der Waals surface area contributed by atoms with E-state index in [1.54, 1.807) is 37.5 Å². The van der Waals surface area contributed by atoms with Crippen LogP contribution in [0.4, 0.5) is 18.4 Å². The first-order chi connectivity index (χ1) is 21.4. The van der Waals surface area contributed by atoms with Gasteiger partial charge in [0.05, 0.1) is 24.8 Å². The third-order valence-electron chi connectivity index (χ3n) is 7.65. The van der Waals surface area contributed by atoms with Gasteiger partial charge in [0.25, 0.3) is 0 Å². The highest BCUT2D eigenvalue weighted by molar-refractivity contribution is 5.87. The fourth-order valence-corrected chi connectivity index (χ4v) is 5.66. The number of hydrogen-bond donors (Lipinski definition) is 1. The van der Waals surface area contributed by atoms with E-state index in [9.17, 15) is 23.2 Å². The highest BCUT2D eigenvalue weighted by Gasteiger charge is 2.53. The Bertz CT molecular complexity index is 1390. The molecule has 0 aromatic heterocycles. The van der Waals surface area contributed by atoms with Gasteiger partial charge in [0.1, 0.15) is 30.6 Å². The van der Waals surface area contributed by atoms with Gasteiger partial charge in [-0.05, 0) is 51.8 Å². The second-order valence-electron chi connectivity index (χ2n) is 12.1. The summed E-state index contributed by atoms with van der Waals surface area (Å²) < 4.78 is 49.9. The fraction of sp³-hybridized carbons (Fsp3) is 0.485. The van der Waals surface area contributed by atoms with Crippen molar-refractivity contribution in [2.75, 3.05) is 26.3 Å². The van der Waals surface area contributed by atoms with Crippen LogP contribution in [-0.2, 0) is 25.6 Å². The van der Waals surface area contributed by atoms with Gasteiger partial charge in [-0.2, -0.15) is 0 Å². The van der Waals surface area contributed by atoms with Gasteiger partial charge in [-0.15, -0.1) is 6.42 Å². The van der Waals surface area contributed by atoms with Crippen LogP contribution in [0.5, 0.6) is 5.75 Å². The number of hydrogen-bond acceptors (Lipinski definition) is 7. The number of halogens is 2. The Morgan fingerprint density at radius 2 is 1.82 bits per heavy atom. The summed E-state index contributed by atoms with van der Waals surface area (Å²) in [5.41, 5.74) is 0.00765. The van der Waals surface area contributed by atoms with Crippen molar-refractivity contribution in [3.05, 3.63) is 65.7 Å². The Balaban J connectivity index is 1.56. The minimum Gasteiger partial charge on any atom is -0.493 e. The van der Waals surface area contributed by atoms with Crippen molar-refractivity contribution in [1.82, 2.24) is 15.1 Å². The smallest absolute Gasteiger partial charge is 0.410 e. The number of rotatable bonds is 10. The molecule has 10 nitrogen and oxygen atoms in total. The minimum atomic E-state index is -1.15. The van der Waals surface area contributed by atoms with Crippen molar-refractivity contribution in [2.24, 2.45) is 5.92 Å². The van der Waals surface area contributed by atoms with E-state index in [0.29, 0.717) is 6.42 Å². The van der Waals surface area contributed by atoms with Crippen molar-refractivity contribution in [3.8, 4) is 18.1 Å². The van der Waals surface area contributed by atoms with Crippen LogP contribution in [-0.4, -0.2) is 84.0 Å². The van der Waals surface area contributed by atoms with E-state index in [2.05, 4.69) is 11.2 Å². The number of terminal acetylenes is 1. The number of nitrogens with zero attached hydrogens (tertiary/aromatic N) is 2. The summed E-state index contributed by atoms with van der Waals surface area (Å²) in [5.74, 6) is -0.474. The highest BCUT2D eigenvalue weighted by atomic mass is 19.2. The molecule has 12 heteroatoms. The number of alkyl carbamates (subject to hydrolysis) is 1. The second-order valence-corrected chi connectivity index (χ2v) is 12.1. The number of likely N-dealkylation sites (tertiary alicyclic amines) is 2. The first-order valence-corrected chi connectivity index (χ1v) is 14.8. The molecular weight excluding hydrogens is 588 g/mol. The molecule has 242 valence electrons. The zero-order chi connectivity index (χ0) is 32.7. The summed E-state index contributed by atoms with van der Waals surface area (Å²) in [6, 6.07) is 10.3. The predicted octanol–water partition coefficient (Wildman–Crippen LogP) is 4.51. The molecule has 0 saturated carbocycles. The Morgan fingerprint density at radius 1 is 1.09 bits per heavy atom. The van der Waals surface area contributed by atoms with E-state index in [-0.39, 0.29) is 38.7 Å². The average Bonchev–Trinajstić information content (AvgIpc) is 3.58. The molecule has 0 bridgehead atoms. The molecule has 2 fully saturated rings. The monoisotopic (exact) mass is 627 g/mol. The van der Waals surface area contributed by atoms with E-state index in [1.165, 1.54) is 6.07 Å². The third kappa shape index (κ3) is 8.63. The molecule has 3 amide bonds. The molecule has 2 aromatic rings. The SMILES string of the molecule is C#CCOC(C)C(NC(=O)OC(C)(C)C)C(=O)N1CCC2C1C(COc1ccc(F)c(F)c1)CN2C(=O)OCc1ccccc1. The number of ether oxygens (including phenoxy) is 4. The molecule has 2 aromatic carbocycles. The summed E-state index contributed by atoms with van der Waals surface area (Å²) in [6.07, 6.45) is 3.64. The summed E-state index contributed by atoms with van der Waals surface area (Å²) in [7, 11) is 0. The maximum atomic E-state index is 14.1.